The van der Waals surface area contributed by atoms with Gasteiger partial charge in [-0.25, -0.2) is 0 Å². The zero-order valence-corrected chi connectivity index (χ0v) is 14.2. The molecule has 0 amide bonds. The van der Waals surface area contributed by atoms with Crippen LogP contribution in [0.3, 0.4) is 0 Å². The SMILES string of the molecule is Cc1cc([B-](F)(F)F)ccc1OCCCC(F)(F)F.[K+]. The predicted molar refractivity (Wildman–Crippen MR) is 60.7 cm³/mol. The van der Waals surface area contributed by atoms with E-state index in [4.69, 9.17) is 4.74 Å². The number of alkyl halides is 3. The molecule has 0 fully saturated rings. The van der Waals surface area contributed by atoms with Gasteiger partial charge in [0.2, 0.25) is 0 Å². The first-order valence-electron chi connectivity index (χ1n) is 5.59. The summed E-state index contributed by atoms with van der Waals surface area (Å²) in [5.41, 5.74) is -0.496. The normalized spacial score (nSPS) is 11.9. The molecule has 108 valence electrons. The molecule has 20 heavy (non-hydrogen) atoms. The summed E-state index contributed by atoms with van der Waals surface area (Å²) in [5.74, 6) is 0.172. The van der Waals surface area contributed by atoms with Gasteiger partial charge in [0, 0.05) is 6.42 Å². The van der Waals surface area contributed by atoms with Crippen molar-refractivity contribution in [2.45, 2.75) is 25.9 Å². The van der Waals surface area contributed by atoms with Crippen molar-refractivity contribution in [1.29, 1.82) is 0 Å². The van der Waals surface area contributed by atoms with Gasteiger partial charge < -0.3 is 17.7 Å². The number of halogens is 6. The first-order valence-corrected chi connectivity index (χ1v) is 5.59. The van der Waals surface area contributed by atoms with Crippen LogP contribution in [0.1, 0.15) is 18.4 Å². The fourth-order valence-corrected chi connectivity index (χ4v) is 1.49. The van der Waals surface area contributed by atoms with E-state index in [0.717, 1.165) is 18.2 Å². The van der Waals surface area contributed by atoms with E-state index in [0.29, 0.717) is 0 Å². The number of hydrogen-bond acceptors (Lipinski definition) is 1. The Morgan fingerprint density at radius 1 is 1.15 bits per heavy atom. The third-order valence-corrected chi connectivity index (χ3v) is 2.44. The Morgan fingerprint density at radius 2 is 1.75 bits per heavy atom. The minimum absolute atomic E-state index is 0. The van der Waals surface area contributed by atoms with Crippen molar-refractivity contribution >= 4 is 12.4 Å². The third kappa shape index (κ3) is 7.35. The molecule has 0 aliphatic heterocycles. The molecule has 0 spiro atoms. The van der Waals surface area contributed by atoms with Crippen molar-refractivity contribution in [3.8, 4) is 5.75 Å². The van der Waals surface area contributed by atoms with Crippen LogP contribution in [-0.4, -0.2) is 19.8 Å². The van der Waals surface area contributed by atoms with Gasteiger partial charge in [0.25, 0.3) is 0 Å². The largest absolute Gasteiger partial charge is 1.00 e. The van der Waals surface area contributed by atoms with Crippen molar-refractivity contribution in [2.75, 3.05) is 6.61 Å². The van der Waals surface area contributed by atoms with Gasteiger partial charge in [0.05, 0.1) is 6.61 Å². The van der Waals surface area contributed by atoms with Crippen LogP contribution in [0.2, 0.25) is 0 Å². The summed E-state index contributed by atoms with van der Waals surface area (Å²) >= 11 is 0. The summed E-state index contributed by atoms with van der Waals surface area (Å²) in [6.07, 6.45) is -5.45. The molecule has 0 N–H and O–H groups in total. The minimum atomic E-state index is -5.08. The average molecular weight is 324 g/mol. The van der Waals surface area contributed by atoms with Crippen molar-refractivity contribution in [3.63, 3.8) is 0 Å². The van der Waals surface area contributed by atoms with Gasteiger partial charge in [-0.05, 0) is 25.0 Å². The molecule has 9 heteroatoms. The Hall–Kier alpha value is 0.301. The zero-order chi connectivity index (χ0) is 14.7. The van der Waals surface area contributed by atoms with E-state index >= 15 is 0 Å². The second-order valence-electron chi connectivity index (χ2n) is 4.17. The molecule has 1 rings (SSSR count). The third-order valence-electron chi connectivity index (χ3n) is 2.44. The minimum Gasteiger partial charge on any atom is -0.493 e. The number of rotatable bonds is 5. The van der Waals surface area contributed by atoms with Gasteiger partial charge in [0.15, 0.2) is 0 Å². The van der Waals surface area contributed by atoms with Crippen LogP contribution in [0.4, 0.5) is 26.1 Å². The van der Waals surface area contributed by atoms with Gasteiger partial charge in [-0.2, -0.15) is 13.2 Å². The van der Waals surface area contributed by atoms with Crippen LogP contribution < -0.4 is 61.6 Å². The Kier molecular flexibility index (Phi) is 8.19. The molecule has 0 atom stereocenters. The number of hydrogen-bond donors (Lipinski definition) is 0. The molecule has 1 aromatic rings. The Labute approximate surface area is 155 Å². The molecule has 0 saturated heterocycles. The van der Waals surface area contributed by atoms with Crippen molar-refractivity contribution < 1.29 is 82.2 Å². The second kappa shape index (κ2) is 8.07. The Morgan fingerprint density at radius 3 is 2.20 bits per heavy atom. The molecule has 0 bridgehead atoms. The summed E-state index contributed by atoms with van der Waals surface area (Å²) < 4.78 is 77.9. The summed E-state index contributed by atoms with van der Waals surface area (Å²) in [6.45, 7) is -3.84. The van der Waals surface area contributed by atoms with E-state index in [1.807, 2.05) is 0 Å². The molecule has 0 aliphatic rings. The van der Waals surface area contributed by atoms with E-state index in [2.05, 4.69) is 0 Å². The van der Waals surface area contributed by atoms with Crippen LogP contribution in [0.25, 0.3) is 0 Å². The second-order valence-corrected chi connectivity index (χ2v) is 4.17. The molecule has 0 heterocycles. The number of benzene rings is 1. The first kappa shape index (κ1) is 20.3. The summed E-state index contributed by atoms with van der Waals surface area (Å²) in [4.78, 5) is 0. The molecule has 0 unspecified atom stereocenters. The maximum Gasteiger partial charge on any atom is 1.00 e. The van der Waals surface area contributed by atoms with Gasteiger partial charge in [-0.15, -0.1) is 5.46 Å². The van der Waals surface area contributed by atoms with E-state index in [9.17, 15) is 26.1 Å². The van der Waals surface area contributed by atoms with E-state index in [1.165, 1.54) is 6.92 Å². The molecular formula is C11H12BF6KO. The Bertz CT molecular complexity index is 432. The number of ether oxygens (including phenoxy) is 1. The van der Waals surface area contributed by atoms with Crippen LogP contribution in [0.15, 0.2) is 18.2 Å². The van der Waals surface area contributed by atoms with Gasteiger partial charge in [0.1, 0.15) is 5.75 Å². The Balaban J connectivity index is 0.00000361. The van der Waals surface area contributed by atoms with Crippen LogP contribution >= 0.6 is 0 Å². The standard InChI is InChI=1S/C11H12BF6O.K/c1-8-7-9(12(16,17)18)3-4-10(8)19-6-2-5-11(13,14)15;/h3-4,7H,2,5-6H2,1H3;/q-1;+1. The predicted octanol–water partition coefficient (Wildman–Crippen LogP) is 0.775. The molecule has 0 aromatic heterocycles. The van der Waals surface area contributed by atoms with Gasteiger partial charge in [-0.1, -0.05) is 12.1 Å². The molecule has 1 aromatic carbocycles. The smallest absolute Gasteiger partial charge is 0.493 e. The van der Waals surface area contributed by atoms with Crippen molar-refractivity contribution in [2.24, 2.45) is 0 Å². The topological polar surface area (TPSA) is 9.23 Å². The zero-order valence-electron chi connectivity index (χ0n) is 11.1. The fourth-order valence-electron chi connectivity index (χ4n) is 1.49. The quantitative estimate of drug-likeness (QED) is 0.442. The maximum absolute atomic E-state index is 12.4. The maximum atomic E-state index is 12.4. The van der Waals surface area contributed by atoms with E-state index in [1.54, 1.807) is 0 Å². The van der Waals surface area contributed by atoms with Crippen LogP contribution in [0, 0.1) is 6.92 Å². The monoisotopic (exact) mass is 324 g/mol. The van der Waals surface area contributed by atoms with Crippen LogP contribution in [0.5, 0.6) is 5.75 Å². The first-order chi connectivity index (χ1) is 8.59. The van der Waals surface area contributed by atoms with Gasteiger partial charge in [-0.3, -0.25) is 0 Å². The molecular weight excluding hydrogens is 312 g/mol. The molecule has 1 nitrogen and oxygen atoms in total. The fraction of sp³-hybridized carbons (Fsp3) is 0.455. The van der Waals surface area contributed by atoms with Gasteiger partial charge >= 0.3 is 64.5 Å². The van der Waals surface area contributed by atoms with Crippen LogP contribution in [-0.2, 0) is 0 Å². The molecule has 0 aliphatic carbocycles. The summed E-state index contributed by atoms with van der Waals surface area (Å²) in [7, 11) is 0. The summed E-state index contributed by atoms with van der Waals surface area (Å²) in [5, 5.41) is 0. The average Bonchev–Trinajstić information content (AvgIpc) is 2.23. The van der Waals surface area contributed by atoms with E-state index in [-0.39, 0.29) is 75.7 Å². The number of aryl methyl sites for hydroxylation is 1. The summed E-state index contributed by atoms with van der Waals surface area (Å²) in [6, 6.07) is 2.93. The molecule has 0 saturated carbocycles. The molecule has 0 radical (unpaired) electrons. The van der Waals surface area contributed by atoms with Crippen molar-refractivity contribution in [3.05, 3.63) is 23.8 Å². The van der Waals surface area contributed by atoms with E-state index < -0.39 is 25.0 Å². The van der Waals surface area contributed by atoms with Crippen molar-refractivity contribution in [1.82, 2.24) is 0 Å².